The molecule has 2 aliphatic heterocycles. The number of unbranched alkanes of at least 4 members (excludes halogenated alkanes) is 1. The minimum atomic E-state index is 0.0888. The third-order valence-corrected chi connectivity index (χ3v) is 3.74. The second kappa shape index (κ2) is 5.15. The van der Waals surface area contributed by atoms with Crippen LogP contribution in [0.15, 0.2) is 0 Å². The Hall–Kier alpha value is -0.610. The van der Waals surface area contributed by atoms with E-state index in [1.807, 2.05) is 4.90 Å². The molecular formula is C12H23N3O. The largest absolute Gasteiger partial charge is 0.324 e. The van der Waals surface area contributed by atoms with E-state index in [4.69, 9.17) is 0 Å². The first kappa shape index (κ1) is 11.9. The average Bonchev–Trinajstić information content (AvgIpc) is 2.83. The van der Waals surface area contributed by atoms with Crippen molar-refractivity contribution in [2.45, 2.75) is 44.7 Å². The second-order valence-corrected chi connectivity index (χ2v) is 5.07. The zero-order valence-electron chi connectivity index (χ0n) is 10.4. The maximum Gasteiger partial charge on any atom is 0.241 e. The molecule has 2 saturated heterocycles. The van der Waals surface area contributed by atoms with Gasteiger partial charge in [-0.2, -0.15) is 0 Å². The van der Waals surface area contributed by atoms with Gasteiger partial charge in [0.1, 0.15) is 0 Å². The van der Waals surface area contributed by atoms with E-state index in [0.29, 0.717) is 11.9 Å². The summed E-state index contributed by atoms with van der Waals surface area (Å²) in [5, 5.41) is 3.34. The van der Waals surface area contributed by atoms with Gasteiger partial charge in [0, 0.05) is 12.6 Å². The second-order valence-electron chi connectivity index (χ2n) is 5.07. The van der Waals surface area contributed by atoms with Crippen molar-refractivity contribution in [3.63, 3.8) is 0 Å². The quantitative estimate of drug-likeness (QED) is 0.762. The van der Waals surface area contributed by atoms with Crippen molar-refractivity contribution >= 4 is 5.91 Å². The van der Waals surface area contributed by atoms with Crippen LogP contribution in [0.1, 0.15) is 32.6 Å². The van der Waals surface area contributed by atoms with Crippen molar-refractivity contribution in [3.8, 4) is 0 Å². The minimum Gasteiger partial charge on any atom is -0.324 e. The number of nitrogens with zero attached hydrogens (tertiary/aromatic N) is 2. The predicted octanol–water partition coefficient (Wildman–Crippen LogP) is 0.639. The third kappa shape index (κ3) is 2.38. The molecule has 2 unspecified atom stereocenters. The molecule has 2 atom stereocenters. The van der Waals surface area contributed by atoms with Crippen LogP contribution in [0, 0.1) is 0 Å². The lowest BCUT2D eigenvalue weighted by Crippen LogP contribution is -2.40. The number of likely N-dealkylation sites (N-methyl/N-ethyl adjacent to an activating group) is 1. The molecule has 0 aliphatic carbocycles. The SMILES string of the molecule is CCCCC1NCN(C2CCN(C)C2)C1=O. The van der Waals surface area contributed by atoms with Crippen molar-refractivity contribution in [1.82, 2.24) is 15.1 Å². The Morgan fingerprint density at radius 1 is 1.50 bits per heavy atom. The van der Waals surface area contributed by atoms with E-state index >= 15 is 0 Å². The number of carbonyl (C=O) groups excluding carboxylic acids is 1. The molecule has 0 aromatic carbocycles. The molecule has 2 rings (SSSR count). The van der Waals surface area contributed by atoms with Gasteiger partial charge in [0.15, 0.2) is 0 Å². The van der Waals surface area contributed by atoms with Crippen LogP contribution in [0.3, 0.4) is 0 Å². The minimum absolute atomic E-state index is 0.0888. The third-order valence-electron chi connectivity index (χ3n) is 3.74. The summed E-state index contributed by atoms with van der Waals surface area (Å²) in [6.45, 7) is 5.08. The predicted molar refractivity (Wildman–Crippen MR) is 64.1 cm³/mol. The zero-order valence-corrected chi connectivity index (χ0v) is 10.4. The van der Waals surface area contributed by atoms with E-state index in [1.54, 1.807) is 0 Å². The smallest absolute Gasteiger partial charge is 0.241 e. The zero-order chi connectivity index (χ0) is 11.5. The Kier molecular flexibility index (Phi) is 3.82. The number of amides is 1. The highest BCUT2D eigenvalue weighted by atomic mass is 16.2. The highest BCUT2D eigenvalue weighted by Crippen LogP contribution is 2.19. The first-order chi connectivity index (χ1) is 7.72. The van der Waals surface area contributed by atoms with Crippen molar-refractivity contribution < 1.29 is 4.79 Å². The maximum absolute atomic E-state index is 12.1. The van der Waals surface area contributed by atoms with Crippen LogP contribution in [-0.2, 0) is 4.79 Å². The molecule has 4 nitrogen and oxygen atoms in total. The fourth-order valence-corrected chi connectivity index (χ4v) is 2.68. The fraction of sp³-hybridized carbons (Fsp3) is 0.917. The molecule has 0 saturated carbocycles. The lowest BCUT2D eigenvalue weighted by Gasteiger charge is -2.23. The molecule has 1 amide bonds. The molecule has 2 aliphatic rings. The van der Waals surface area contributed by atoms with E-state index in [-0.39, 0.29) is 6.04 Å². The van der Waals surface area contributed by atoms with Crippen LogP contribution in [0.2, 0.25) is 0 Å². The van der Waals surface area contributed by atoms with Gasteiger partial charge in [0.05, 0.1) is 12.7 Å². The lowest BCUT2D eigenvalue weighted by molar-refractivity contribution is -0.130. The summed E-state index contributed by atoms with van der Waals surface area (Å²) in [5.74, 6) is 0.328. The molecule has 0 aromatic heterocycles. The van der Waals surface area contributed by atoms with Gasteiger partial charge in [-0.1, -0.05) is 19.8 Å². The van der Waals surface area contributed by atoms with Gasteiger partial charge in [-0.25, -0.2) is 0 Å². The molecule has 0 spiro atoms. The van der Waals surface area contributed by atoms with E-state index in [2.05, 4.69) is 24.2 Å². The number of nitrogens with one attached hydrogen (secondary N) is 1. The van der Waals surface area contributed by atoms with Gasteiger partial charge in [0.2, 0.25) is 5.91 Å². The monoisotopic (exact) mass is 225 g/mol. The number of hydrogen-bond donors (Lipinski definition) is 1. The van der Waals surface area contributed by atoms with Crippen molar-refractivity contribution in [1.29, 1.82) is 0 Å². The molecule has 0 radical (unpaired) electrons. The van der Waals surface area contributed by atoms with Gasteiger partial charge in [-0.15, -0.1) is 0 Å². The molecule has 2 fully saturated rings. The Balaban J connectivity index is 1.86. The summed E-state index contributed by atoms with van der Waals surface area (Å²) < 4.78 is 0. The van der Waals surface area contributed by atoms with Gasteiger partial charge in [-0.05, 0) is 26.4 Å². The van der Waals surface area contributed by atoms with Crippen LogP contribution < -0.4 is 5.32 Å². The summed E-state index contributed by atoms with van der Waals surface area (Å²) in [6.07, 6.45) is 4.43. The molecule has 0 aromatic rings. The molecule has 92 valence electrons. The van der Waals surface area contributed by atoms with Crippen molar-refractivity contribution in [3.05, 3.63) is 0 Å². The van der Waals surface area contributed by atoms with E-state index < -0.39 is 0 Å². The highest BCUT2D eigenvalue weighted by Gasteiger charge is 2.36. The highest BCUT2D eigenvalue weighted by molar-refractivity contribution is 5.84. The normalized spacial score (nSPS) is 31.6. The van der Waals surface area contributed by atoms with Gasteiger partial charge >= 0.3 is 0 Å². The Labute approximate surface area is 98.0 Å². The molecule has 1 N–H and O–H groups in total. The summed E-state index contributed by atoms with van der Waals surface area (Å²) in [7, 11) is 2.13. The summed E-state index contributed by atoms with van der Waals surface area (Å²) in [6, 6.07) is 0.530. The van der Waals surface area contributed by atoms with E-state index in [9.17, 15) is 4.79 Å². The van der Waals surface area contributed by atoms with Gasteiger partial charge < -0.3 is 9.80 Å². The molecule has 0 bridgehead atoms. The molecular weight excluding hydrogens is 202 g/mol. The lowest BCUT2D eigenvalue weighted by atomic mass is 10.1. The van der Waals surface area contributed by atoms with Crippen LogP contribution in [-0.4, -0.2) is 54.6 Å². The number of carbonyl (C=O) groups is 1. The average molecular weight is 225 g/mol. The van der Waals surface area contributed by atoms with Crippen molar-refractivity contribution in [2.24, 2.45) is 0 Å². The molecule has 16 heavy (non-hydrogen) atoms. The molecule has 2 heterocycles. The summed E-state index contributed by atoms with van der Waals surface area (Å²) >= 11 is 0. The van der Waals surface area contributed by atoms with E-state index in [1.165, 1.54) is 0 Å². The number of rotatable bonds is 4. The van der Waals surface area contributed by atoms with Crippen LogP contribution in [0.4, 0.5) is 0 Å². The Bertz CT molecular complexity index is 257. The summed E-state index contributed by atoms with van der Waals surface area (Å²) in [5.41, 5.74) is 0. The standard InChI is InChI=1S/C12H23N3O/c1-3-4-5-11-12(16)15(9-13-11)10-6-7-14(2)8-10/h10-11,13H,3-9H2,1-2H3. The van der Waals surface area contributed by atoms with Crippen LogP contribution in [0.5, 0.6) is 0 Å². The first-order valence-corrected chi connectivity index (χ1v) is 6.44. The first-order valence-electron chi connectivity index (χ1n) is 6.44. The van der Waals surface area contributed by atoms with E-state index in [0.717, 1.165) is 45.4 Å². The van der Waals surface area contributed by atoms with Gasteiger partial charge in [0.25, 0.3) is 0 Å². The Morgan fingerprint density at radius 2 is 2.31 bits per heavy atom. The topological polar surface area (TPSA) is 35.6 Å². The number of likely N-dealkylation sites (tertiary alicyclic amines) is 1. The van der Waals surface area contributed by atoms with Crippen LogP contribution in [0.25, 0.3) is 0 Å². The maximum atomic E-state index is 12.1. The molecule has 4 heteroatoms. The van der Waals surface area contributed by atoms with Crippen LogP contribution >= 0.6 is 0 Å². The number of hydrogen-bond acceptors (Lipinski definition) is 3. The van der Waals surface area contributed by atoms with Crippen molar-refractivity contribution in [2.75, 3.05) is 26.8 Å². The Morgan fingerprint density at radius 3 is 2.94 bits per heavy atom. The fourth-order valence-electron chi connectivity index (χ4n) is 2.68. The summed E-state index contributed by atoms with van der Waals surface area (Å²) in [4.78, 5) is 16.5. The van der Waals surface area contributed by atoms with Gasteiger partial charge in [-0.3, -0.25) is 10.1 Å².